The number of carbonyl (C=O) groups is 1. The van der Waals surface area contributed by atoms with Crippen molar-refractivity contribution in [2.24, 2.45) is 11.8 Å². The number of aliphatic hydroxyl groups excluding tert-OH is 1. The van der Waals surface area contributed by atoms with Gasteiger partial charge < -0.3 is 10.4 Å². The van der Waals surface area contributed by atoms with Crippen LogP contribution in [0, 0.1) is 11.8 Å². The molecule has 2 N–H and O–H groups in total. The molecule has 0 aromatic heterocycles. The molecule has 1 fully saturated rings. The molecule has 1 aromatic rings. The topological polar surface area (TPSA) is 49.3 Å². The summed E-state index contributed by atoms with van der Waals surface area (Å²) in [5.41, 5.74) is 0.960. The third kappa shape index (κ3) is 3.80. The van der Waals surface area contributed by atoms with Crippen LogP contribution in [0.2, 0.25) is 0 Å². The van der Waals surface area contributed by atoms with E-state index < -0.39 is 0 Å². The highest BCUT2D eigenvalue weighted by molar-refractivity contribution is 5.79. The molecule has 1 aromatic carbocycles. The predicted molar refractivity (Wildman–Crippen MR) is 75.5 cm³/mol. The summed E-state index contributed by atoms with van der Waals surface area (Å²) in [7, 11) is 0. The summed E-state index contributed by atoms with van der Waals surface area (Å²) in [6.45, 7) is 2.15. The van der Waals surface area contributed by atoms with Crippen molar-refractivity contribution in [3.63, 3.8) is 0 Å². The lowest BCUT2D eigenvalue weighted by Gasteiger charge is -2.27. The van der Waals surface area contributed by atoms with Gasteiger partial charge in [0.1, 0.15) is 0 Å². The van der Waals surface area contributed by atoms with E-state index >= 15 is 0 Å². The first-order valence-electron chi connectivity index (χ1n) is 7.17. The van der Waals surface area contributed by atoms with E-state index in [2.05, 4.69) is 12.2 Å². The smallest absolute Gasteiger partial charge is 0.223 e. The zero-order chi connectivity index (χ0) is 13.7. The molecule has 1 amide bonds. The molecule has 0 aliphatic heterocycles. The summed E-state index contributed by atoms with van der Waals surface area (Å²) < 4.78 is 0. The van der Waals surface area contributed by atoms with Crippen molar-refractivity contribution >= 4 is 5.91 Å². The predicted octanol–water partition coefficient (Wildman–Crippen LogP) is 2.66. The number of carbonyl (C=O) groups excluding carboxylic acids is 1. The maximum atomic E-state index is 12.3. The highest BCUT2D eigenvalue weighted by Crippen LogP contribution is 2.29. The molecule has 1 aliphatic rings. The number of hydrogen-bond donors (Lipinski definition) is 2. The summed E-state index contributed by atoms with van der Waals surface area (Å²) >= 11 is 0. The summed E-state index contributed by atoms with van der Waals surface area (Å²) in [6, 6.07) is 9.36. The van der Waals surface area contributed by atoms with Crippen molar-refractivity contribution in [1.29, 1.82) is 0 Å². The highest BCUT2D eigenvalue weighted by atomic mass is 16.3. The number of amides is 1. The Morgan fingerprint density at radius 2 is 2.11 bits per heavy atom. The van der Waals surface area contributed by atoms with Crippen molar-refractivity contribution in [3.8, 4) is 0 Å². The van der Waals surface area contributed by atoms with Crippen molar-refractivity contribution < 1.29 is 9.90 Å². The first-order valence-corrected chi connectivity index (χ1v) is 7.17. The molecular formula is C16H23NO2. The Hall–Kier alpha value is -1.35. The van der Waals surface area contributed by atoms with Crippen LogP contribution >= 0.6 is 0 Å². The van der Waals surface area contributed by atoms with Crippen molar-refractivity contribution in [2.45, 2.75) is 38.6 Å². The van der Waals surface area contributed by atoms with Crippen molar-refractivity contribution in [1.82, 2.24) is 5.32 Å². The number of rotatable bonds is 4. The largest absolute Gasteiger partial charge is 0.394 e. The Balaban J connectivity index is 1.96. The molecule has 2 rings (SSSR count). The number of nitrogens with one attached hydrogen (secondary N) is 1. The van der Waals surface area contributed by atoms with E-state index in [4.69, 9.17) is 0 Å². The zero-order valence-corrected chi connectivity index (χ0v) is 11.5. The second kappa shape index (κ2) is 6.71. The Labute approximate surface area is 115 Å². The van der Waals surface area contributed by atoms with E-state index in [-0.39, 0.29) is 24.5 Å². The van der Waals surface area contributed by atoms with Gasteiger partial charge in [-0.1, -0.05) is 50.1 Å². The summed E-state index contributed by atoms with van der Waals surface area (Å²) in [5, 5.41) is 12.4. The maximum Gasteiger partial charge on any atom is 0.223 e. The van der Waals surface area contributed by atoms with Crippen LogP contribution in [0.4, 0.5) is 0 Å². The van der Waals surface area contributed by atoms with Crippen molar-refractivity contribution in [3.05, 3.63) is 35.9 Å². The van der Waals surface area contributed by atoms with Crippen LogP contribution in [-0.4, -0.2) is 17.6 Å². The minimum atomic E-state index is -0.286. The first-order chi connectivity index (χ1) is 9.20. The van der Waals surface area contributed by atoms with Gasteiger partial charge in [-0.15, -0.1) is 0 Å². The highest BCUT2D eigenvalue weighted by Gasteiger charge is 2.26. The molecule has 0 bridgehead atoms. The van der Waals surface area contributed by atoms with Gasteiger partial charge in [0, 0.05) is 5.92 Å². The second-order valence-electron chi connectivity index (χ2n) is 5.62. The van der Waals surface area contributed by atoms with Crippen LogP contribution in [-0.2, 0) is 4.79 Å². The normalized spacial score (nSPS) is 24.7. The van der Waals surface area contributed by atoms with Gasteiger partial charge in [0.15, 0.2) is 0 Å². The molecule has 19 heavy (non-hydrogen) atoms. The third-order valence-corrected chi connectivity index (χ3v) is 4.01. The zero-order valence-electron chi connectivity index (χ0n) is 11.5. The van der Waals surface area contributed by atoms with Gasteiger partial charge >= 0.3 is 0 Å². The third-order valence-electron chi connectivity index (χ3n) is 4.01. The van der Waals surface area contributed by atoms with Crippen LogP contribution in [0.1, 0.15) is 44.2 Å². The quantitative estimate of drug-likeness (QED) is 0.875. The Morgan fingerprint density at radius 1 is 1.37 bits per heavy atom. The monoisotopic (exact) mass is 261 g/mol. The van der Waals surface area contributed by atoms with Gasteiger partial charge in [0.25, 0.3) is 0 Å². The fourth-order valence-electron chi connectivity index (χ4n) is 2.88. The average Bonchev–Trinajstić information content (AvgIpc) is 2.45. The van der Waals surface area contributed by atoms with E-state index in [1.54, 1.807) is 0 Å². The van der Waals surface area contributed by atoms with E-state index in [0.717, 1.165) is 24.8 Å². The van der Waals surface area contributed by atoms with E-state index in [0.29, 0.717) is 5.92 Å². The molecule has 0 unspecified atom stereocenters. The van der Waals surface area contributed by atoms with Crippen LogP contribution in [0.15, 0.2) is 30.3 Å². The molecule has 0 saturated heterocycles. The minimum absolute atomic E-state index is 0.0575. The van der Waals surface area contributed by atoms with Gasteiger partial charge in [-0.3, -0.25) is 4.79 Å². The number of aliphatic hydroxyl groups is 1. The number of hydrogen-bond acceptors (Lipinski definition) is 2. The van der Waals surface area contributed by atoms with E-state index in [9.17, 15) is 9.90 Å². The average molecular weight is 261 g/mol. The van der Waals surface area contributed by atoms with Gasteiger partial charge in [-0.25, -0.2) is 0 Å². The standard InChI is InChI=1S/C16H23NO2/c1-12-6-5-9-14(10-12)16(19)17-15(11-18)13-7-3-2-4-8-13/h2-4,7-8,12,14-15,18H,5-6,9-11H2,1H3,(H,17,19)/t12-,14-,15+/m1/s1. The fourth-order valence-corrected chi connectivity index (χ4v) is 2.88. The molecule has 104 valence electrons. The minimum Gasteiger partial charge on any atom is -0.394 e. The summed E-state index contributed by atoms with van der Waals surface area (Å²) in [5.74, 6) is 0.838. The molecule has 1 saturated carbocycles. The van der Waals surface area contributed by atoms with Crippen LogP contribution in [0.3, 0.4) is 0 Å². The van der Waals surface area contributed by atoms with Crippen LogP contribution in [0.25, 0.3) is 0 Å². The molecular weight excluding hydrogens is 238 g/mol. The van der Waals surface area contributed by atoms with E-state index in [1.807, 2.05) is 30.3 Å². The van der Waals surface area contributed by atoms with Gasteiger partial charge in [-0.05, 0) is 24.3 Å². The maximum absolute atomic E-state index is 12.3. The first kappa shape index (κ1) is 14.1. The lowest BCUT2D eigenvalue weighted by atomic mass is 9.82. The lowest BCUT2D eigenvalue weighted by molar-refractivity contribution is -0.127. The molecule has 0 spiro atoms. The summed E-state index contributed by atoms with van der Waals surface area (Å²) in [6.07, 6.45) is 4.31. The lowest BCUT2D eigenvalue weighted by Crippen LogP contribution is -2.37. The number of benzene rings is 1. The van der Waals surface area contributed by atoms with Gasteiger partial charge in [0.05, 0.1) is 12.6 Å². The molecule has 3 atom stereocenters. The molecule has 3 nitrogen and oxygen atoms in total. The molecule has 1 aliphatic carbocycles. The second-order valence-corrected chi connectivity index (χ2v) is 5.62. The SMILES string of the molecule is C[C@@H]1CCC[C@@H](C(=O)N[C@@H](CO)c2ccccc2)C1. The molecule has 0 heterocycles. The van der Waals surface area contributed by atoms with Gasteiger partial charge in [0.2, 0.25) is 5.91 Å². The van der Waals surface area contributed by atoms with Crippen molar-refractivity contribution in [2.75, 3.05) is 6.61 Å². The Bertz CT molecular complexity index is 404. The Kier molecular flexibility index (Phi) is 4.97. The molecule has 3 heteroatoms. The summed E-state index contributed by atoms with van der Waals surface area (Å²) in [4.78, 5) is 12.3. The Morgan fingerprint density at radius 3 is 2.74 bits per heavy atom. The fraction of sp³-hybridized carbons (Fsp3) is 0.562. The van der Waals surface area contributed by atoms with E-state index in [1.165, 1.54) is 6.42 Å². The van der Waals surface area contributed by atoms with Crippen LogP contribution < -0.4 is 5.32 Å². The van der Waals surface area contributed by atoms with Gasteiger partial charge in [-0.2, -0.15) is 0 Å². The molecule has 0 radical (unpaired) electrons. The van der Waals surface area contributed by atoms with Crippen LogP contribution in [0.5, 0.6) is 0 Å².